The Morgan fingerprint density at radius 3 is 1.98 bits per heavy atom. The normalized spacial score (nSPS) is 13.2. The van der Waals surface area contributed by atoms with E-state index >= 15 is 0 Å². The van der Waals surface area contributed by atoms with E-state index in [1.165, 1.54) is 22.3 Å². The minimum Gasteiger partial charge on any atom is -0.487 e. The van der Waals surface area contributed by atoms with E-state index in [0.717, 1.165) is 43.1 Å². The molecule has 6 nitrogen and oxygen atoms in total. The van der Waals surface area contributed by atoms with Crippen LogP contribution in [-0.4, -0.2) is 37.9 Å². The van der Waals surface area contributed by atoms with Crippen molar-refractivity contribution in [3.8, 4) is 5.75 Å². The van der Waals surface area contributed by atoms with Crippen molar-refractivity contribution in [1.29, 1.82) is 0 Å². The summed E-state index contributed by atoms with van der Waals surface area (Å²) < 4.78 is 32.9. The van der Waals surface area contributed by atoms with Crippen LogP contribution in [-0.2, 0) is 48.9 Å². The molecule has 0 bridgehead atoms. The summed E-state index contributed by atoms with van der Waals surface area (Å²) in [4.78, 5) is 16.1. The predicted octanol–water partition coefficient (Wildman–Crippen LogP) is 6.61. The lowest BCUT2D eigenvalue weighted by atomic mass is 9.97. The topological polar surface area (TPSA) is 75.7 Å². The van der Waals surface area contributed by atoms with Gasteiger partial charge in [-0.3, -0.25) is 14.4 Å². The van der Waals surface area contributed by atoms with Crippen LogP contribution in [0, 0.1) is 0 Å². The Kier molecular flexibility index (Phi) is 9.63. The molecule has 0 unspecified atom stereocenters. The molecule has 0 radical (unpaired) electrons. The second-order valence-corrected chi connectivity index (χ2v) is 13.1. The quantitative estimate of drug-likeness (QED) is 0.176. The van der Waals surface area contributed by atoms with Crippen LogP contribution in [0.15, 0.2) is 91.0 Å². The van der Waals surface area contributed by atoms with E-state index < -0.39 is 10.0 Å². The first kappa shape index (κ1) is 30.5. The van der Waals surface area contributed by atoms with Crippen molar-refractivity contribution >= 4 is 21.5 Å². The molecule has 0 saturated heterocycles. The molecule has 0 aromatic heterocycles. The summed E-state index contributed by atoms with van der Waals surface area (Å²) in [5.41, 5.74) is 8.38. The SMILES string of the molecule is CCc1cc2c(cc1CC)CC(N(CC(=O)c1ccc(OCc3ccccc3)c(NS(C)(=O)=O)c1)Cc1ccccc1)C2. The fourth-order valence-electron chi connectivity index (χ4n) is 5.92. The van der Waals surface area contributed by atoms with Gasteiger partial charge in [0.2, 0.25) is 10.0 Å². The van der Waals surface area contributed by atoms with Crippen molar-refractivity contribution in [1.82, 2.24) is 4.90 Å². The number of sulfonamides is 1. The summed E-state index contributed by atoms with van der Waals surface area (Å²) in [6.45, 7) is 5.56. The first-order chi connectivity index (χ1) is 20.7. The second kappa shape index (κ2) is 13.6. The van der Waals surface area contributed by atoms with E-state index in [4.69, 9.17) is 4.74 Å². The van der Waals surface area contributed by atoms with Crippen LogP contribution in [0.5, 0.6) is 5.75 Å². The van der Waals surface area contributed by atoms with Gasteiger partial charge in [0.05, 0.1) is 18.5 Å². The molecule has 0 fully saturated rings. The van der Waals surface area contributed by atoms with Gasteiger partial charge in [-0.25, -0.2) is 8.42 Å². The number of ether oxygens (including phenoxy) is 1. The van der Waals surface area contributed by atoms with Crippen molar-refractivity contribution in [3.05, 3.63) is 130 Å². The molecule has 0 aliphatic heterocycles. The Morgan fingerprint density at radius 2 is 1.42 bits per heavy atom. The number of Topliss-reactive ketones (excluding diaryl/α,β-unsaturated/α-hetero) is 1. The number of hydrogen-bond acceptors (Lipinski definition) is 5. The number of aryl methyl sites for hydroxylation is 2. The highest BCUT2D eigenvalue weighted by Crippen LogP contribution is 2.31. The number of anilines is 1. The molecule has 4 aromatic carbocycles. The van der Waals surface area contributed by atoms with E-state index in [9.17, 15) is 13.2 Å². The fraction of sp³-hybridized carbons (Fsp3) is 0.306. The summed E-state index contributed by atoms with van der Waals surface area (Å²) >= 11 is 0. The highest BCUT2D eigenvalue weighted by molar-refractivity contribution is 7.92. The maximum atomic E-state index is 13.8. The minimum absolute atomic E-state index is 0.0680. The minimum atomic E-state index is -3.60. The number of nitrogens with one attached hydrogen (secondary N) is 1. The van der Waals surface area contributed by atoms with E-state index in [2.05, 4.69) is 47.7 Å². The maximum absolute atomic E-state index is 13.8. The first-order valence-electron chi connectivity index (χ1n) is 15.0. The van der Waals surface area contributed by atoms with Gasteiger partial charge in [-0.15, -0.1) is 0 Å². The Hall–Kier alpha value is -3.94. The third-order valence-electron chi connectivity index (χ3n) is 8.12. The van der Waals surface area contributed by atoms with Crippen LogP contribution in [0.4, 0.5) is 5.69 Å². The fourth-order valence-corrected chi connectivity index (χ4v) is 6.48. The van der Waals surface area contributed by atoms with E-state index in [1.54, 1.807) is 18.2 Å². The van der Waals surface area contributed by atoms with E-state index in [-0.39, 0.29) is 30.7 Å². The van der Waals surface area contributed by atoms with Crippen molar-refractivity contribution in [2.75, 3.05) is 17.5 Å². The molecule has 224 valence electrons. The van der Waals surface area contributed by atoms with Crippen molar-refractivity contribution < 1.29 is 17.9 Å². The van der Waals surface area contributed by atoms with Crippen molar-refractivity contribution in [2.24, 2.45) is 0 Å². The molecule has 43 heavy (non-hydrogen) atoms. The van der Waals surface area contributed by atoms with Gasteiger partial charge in [-0.2, -0.15) is 0 Å². The summed E-state index contributed by atoms with van der Waals surface area (Å²) in [5, 5.41) is 0. The monoisotopic (exact) mass is 596 g/mol. The number of ketones is 1. The number of fused-ring (bicyclic) bond motifs is 1. The summed E-state index contributed by atoms with van der Waals surface area (Å²) in [7, 11) is -3.60. The lowest BCUT2D eigenvalue weighted by Crippen LogP contribution is -2.39. The Morgan fingerprint density at radius 1 is 0.837 bits per heavy atom. The lowest BCUT2D eigenvalue weighted by molar-refractivity contribution is 0.0885. The number of benzene rings is 4. The molecule has 1 aliphatic carbocycles. The standard InChI is InChI=1S/C36H40N2O4S/c1-4-28-18-31-20-33(21-32(31)19-29(28)5-2)38(23-26-12-8-6-9-13-26)24-35(39)30-16-17-36(34(22-30)37-43(3,40)41)42-25-27-14-10-7-11-15-27/h6-19,22,33,37H,4-5,20-21,23-25H2,1-3H3. The van der Waals surface area contributed by atoms with Crippen molar-refractivity contribution in [2.45, 2.75) is 58.7 Å². The number of carbonyl (C=O) groups excluding carboxylic acids is 1. The molecule has 0 spiro atoms. The largest absolute Gasteiger partial charge is 0.487 e. The van der Waals surface area contributed by atoms with Gasteiger partial charge in [0, 0.05) is 18.2 Å². The third-order valence-corrected chi connectivity index (χ3v) is 8.71. The van der Waals surface area contributed by atoms with Crippen LogP contribution in [0.1, 0.15) is 57.6 Å². The average Bonchev–Trinajstić information content (AvgIpc) is 3.42. The summed E-state index contributed by atoms with van der Waals surface area (Å²) in [6, 6.07) is 29.8. The van der Waals surface area contributed by atoms with Crippen LogP contribution in [0.3, 0.4) is 0 Å². The molecule has 7 heteroatoms. The van der Waals surface area contributed by atoms with Gasteiger partial charge in [0.25, 0.3) is 0 Å². The third kappa shape index (κ3) is 7.92. The average molecular weight is 597 g/mol. The smallest absolute Gasteiger partial charge is 0.229 e. The predicted molar refractivity (Wildman–Crippen MR) is 173 cm³/mol. The summed E-state index contributed by atoms with van der Waals surface area (Å²) in [5.74, 6) is 0.304. The molecule has 5 rings (SSSR count). The molecular weight excluding hydrogens is 556 g/mol. The lowest BCUT2D eigenvalue weighted by Gasteiger charge is -2.28. The molecule has 4 aromatic rings. The molecule has 1 aliphatic rings. The van der Waals surface area contributed by atoms with Gasteiger partial charge in [-0.05, 0) is 77.3 Å². The number of carbonyl (C=O) groups is 1. The van der Waals surface area contributed by atoms with Crippen LogP contribution >= 0.6 is 0 Å². The highest BCUT2D eigenvalue weighted by Gasteiger charge is 2.29. The van der Waals surface area contributed by atoms with Gasteiger partial charge in [-0.1, -0.05) is 86.6 Å². The zero-order valence-corrected chi connectivity index (χ0v) is 26.0. The van der Waals surface area contributed by atoms with Crippen LogP contribution < -0.4 is 9.46 Å². The molecule has 0 heterocycles. The Balaban J connectivity index is 1.39. The highest BCUT2D eigenvalue weighted by atomic mass is 32.2. The van der Waals surface area contributed by atoms with E-state index in [0.29, 0.717) is 17.9 Å². The zero-order chi connectivity index (χ0) is 30.4. The number of hydrogen-bond donors (Lipinski definition) is 1. The molecule has 1 N–H and O–H groups in total. The maximum Gasteiger partial charge on any atom is 0.229 e. The number of nitrogens with zero attached hydrogens (tertiary/aromatic N) is 1. The zero-order valence-electron chi connectivity index (χ0n) is 25.2. The first-order valence-corrected chi connectivity index (χ1v) is 16.8. The molecule has 0 saturated carbocycles. The molecular formula is C36H40N2O4S. The van der Waals surface area contributed by atoms with Gasteiger partial charge in [0.1, 0.15) is 12.4 Å². The summed E-state index contributed by atoms with van der Waals surface area (Å²) in [6.07, 6.45) is 4.93. The molecule has 0 atom stereocenters. The van der Waals surface area contributed by atoms with E-state index in [1.807, 2.05) is 48.5 Å². The Bertz CT molecular complexity index is 1640. The van der Waals surface area contributed by atoms with Crippen LogP contribution in [0.25, 0.3) is 0 Å². The van der Waals surface area contributed by atoms with Crippen molar-refractivity contribution in [3.63, 3.8) is 0 Å². The van der Waals surface area contributed by atoms with Gasteiger partial charge >= 0.3 is 0 Å². The second-order valence-electron chi connectivity index (χ2n) is 11.3. The van der Waals surface area contributed by atoms with Gasteiger partial charge in [0.15, 0.2) is 5.78 Å². The Labute approximate surface area is 255 Å². The van der Waals surface area contributed by atoms with Crippen LogP contribution in [0.2, 0.25) is 0 Å². The molecule has 0 amide bonds. The number of rotatable bonds is 13. The van der Waals surface area contributed by atoms with Gasteiger partial charge < -0.3 is 4.74 Å².